The van der Waals surface area contributed by atoms with E-state index in [2.05, 4.69) is 62.2 Å². The Morgan fingerprint density at radius 1 is 1.29 bits per heavy atom. The molecular formula is C15H24N2. The third-order valence-electron chi connectivity index (χ3n) is 3.83. The highest BCUT2D eigenvalue weighted by molar-refractivity contribution is 5.54. The van der Waals surface area contributed by atoms with Crippen LogP contribution in [0.25, 0.3) is 0 Å². The van der Waals surface area contributed by atoms with Gasteiger partial charge in [-0.2, -0.15) is 0 Å². The van der Waals surface area contributed by atoms with E-state index in [1.807, 2.05) is 0 Å². The first-order chi connectivity index (χ1) is 8.09. The summed E-state index contributed by atoms with van der Waals surface area (Å²) >= 11 is 0. The summed E-state index contributed by atoms with van der Waals surface area (Å²) < 4.78 is 0. The highest BCUT2D eigenvalue weighted by Gasteiger charge is 2.27. The molecule has 1 fully saturated rings. The third-order valence-corrected chi connectivity index (χ3v) is 3.83. The van der Waals surface area contributed by atoms with E-state index in [0.717, 1.165) is 13.1 Å². The summed E-state index contributed by atoms with van der Waals surface area (Å²) in [6, 6.07) is 9.88. The van der Waals surface area contributed by atoms with Crippen molar-refractivity contribution in [2.24, 2.45) is 5.92 Å². The van der Waals surface area contributed by atoms with Crippen molar-refractivity contribution < 1.29 is 0 Å². The zero-order valence-electron chi connectivity index (χ0n) is 11.4. The molecule has 2 unspecified atom stereocenters. The van der Waals surface area contributed by atoms with Gasteiger partial charge in [-0.15, -0.1) is 0 Å². The normalized spacial score (nSPS) is 25.4. The Bertz CT molecular complexity index is 373. The van der Waals surface area contributed by atoms with E-state index in [1.165, 1.54) is 11.3 Å². The number of hydrogen-bond donors (Lipinski definition) is 1. The van der Waals surface area contributed by atoms with Gasteiger partial charge in [0.1, 0.15) is 0 Å². The molecule has 1 N–H and O–H groups in total. The lowest BCUT2D eigenvalue weighted by atomic mass is 9.98. The molecule has 0 bridgehead atoms. The summed E-state index contributed by atoms with van der Waals surface area (Å²) in [4.78, 5) is 2.55. The van der Waals surface area contributed by atoms with Crippen LogP contribution >= 0.6 is 0 Å². The summed E-state index contributed by atoms with van der Waals surface area (Å²) in [7, 11) is 0. The lowest BCUT2D eigenvalue weighted by Crippen LogP contribution is -2.57. The van der Waals surface area contributed by atoms with Gasteiger partial charge in [0.15, 0.2) is 0 Å². The topological polar surface area (TPSA) is 15.3 Å². The highest BCUT2D eigenvalue weighted by Crippen LogP contribution is 2.24. The Kier molecular flexibility index (Phi) is 3.72. The number of hydrogen-bond acceptors (Lipinski definition) is 2. The first kappa shape index (κ1) is 12.4. The molecule has 0 saturated carbocycles. The highest BCUT2D eigenvalue weighted by atomic mass is 15.2. The quantitative estimate of drug-likeness (QED) is 0.843. The fraction of sp³-hybridized carbons (Fsp3) is 0.600. The van der Waals surface area contributed by atoms with Crippen molar-refractivity contribution in [2.75, 3.05) is 18.0 Å². The van der Waals surface area contributed by atoms with Crippen LogP contribution in [0.15, 0.2) is 24.3 Å². The molecule has 1 aromatic rings. The van der Waals surface area contributed by atoms with Gasteiger partial charge in [-0.25, -0.2) is 0 Å². The molecule has 1 heterocycles. The van der Waals surface area contributed by atoms with E-state index >= 15 is 0 Å². The molecule has 0 amide bonds. The Balaban J connectivity index is 2.21. The van der Waals surface area contributed by atoms with Gasteiger partial charge in [-0.1, -0.05) is 32.0 Å². The van der Waals surface area contributed by atoms with E-state index in [1.54, 1.807) is 0 Å². The number of rotatable bonds is 2. The molecule has 2 atom stereocenters. The molecule has 1 aromatic carbocycles. The Morgan fingerprint density at radius 3 is 2.65 bits per heavy atom. The number of para-hydroxylation sites is 1. The van der Waals surface area contributed by atoms with Crippen LogP contribution < -0.4 is 10.2 Å². The zero-order valence-corrected chi connectivity index (χ0v) is 11.4. The predicted octanol–water partition coefficient (Wildman–Crippen LogP) is 2.82. The minimum absolute atomic E-state index is 0.575. The lowest BCUT2D eigenvalue weighted by Gasteiger charge is -2.42. The van der Waals surface area contributed by atoms with Crippen LogP contribution in [0.2, 0.25) is 0 Å². The molecule has 0 radical (unpaired) electrons. The second kappa shape index (κ2) is 5.09. The van der Waals surface area contributed by atoms with Gasteiger partial charge in [-0.05, 0) is 31.4 Å². The van der Waals surface area contributed by atoms with E-state index in [-0.39, 0.29) is 0 Å². The van der Waals surface area contributed by atoms with Gasteiger partial charge in [0.25, 0.3) is 0 Å². The van der Waals surface area contributed by atoms with Crippen LogP contribution in [0, 0.1) is 12.8 Å². The van der Waals surface area contributed by atoms with E-state index in [4.69, 9.17) is 0 Å². The maximum atomic E-state index is 3.65. The standard InChI is InChI=1S/C15H24N2/c1-11(2)14-10-17(13(4)9-16-14)15-8-6-5-7-12(15)3/h5-8,11,13-14,16H,9-10H2,1-4H3. The first-order valence-corrected chi connectivity index (χ1v) is 6.65. The van der Waals surface area contributed by atoms with Gasteiger partial charge >= 0.3 is 0 Å². The van der Waals surface area contributed by atoms with Crippen LogP contribution in [0.1, 0.15) is 26.3 Å². The van der Waals surface area contributed by atoms with Crippen molar-refractivity contribution in [3.05, 3.63) is 29.8 Å². The molecule has 1 aliphatic rings. The van der Waals surface area contributed by atoms with Crippen molar-refractivity contribution in [1.82, 2.24) is 5.32 Å². The van der Waals surface area contributed by atoms with Gasteiger partial charge in [0, 0.05) is 30.9 Å². The number of nitrogens with one attached hydrogen (secondary N) is 1. The number of anilines is 1. The van der Waals surface area contributed by atoms with Crippen LogP contribution in [0.4, 0.5) is 5.69 Å². The molecule has 0 spiro atoms. The maximum absolute atomic E-state index is 3.65. The Hall–Kier alpha value is -1.02. The predicted molar refractivity (Wildman–Crippen MR) is 74.6 cm³/mol. The van der Waals surface area contributed by atoms with Crippen molar-refractivity contribution in [3.63, 3.8) is 0 Å². The fourth-order valence-electron chi connectivity index (χ4n) is 2.56. The fourth-order valence-corrected chi connectivity index (χ4v) is 2.56. The third kappa shape index (κ3) is 2.63. The molecule has 1 aliphatic heterocycles. The monoisotopic (exact) mass is 232 g/mol. The molecular weight excluding hydrogens is 208 g/mol. The van der Waals surface area contributed by atoms with Crippen molar-refractivity contribution in [2.45, 2.75) is 39.8 Å². The number of aryl methyl sites for hydroxylation is 1. The minimum atomic E-state index is 0.575. The summed E-state index contributed by atoms with van der Waals surface area (Å²) in [5, 5.41) is 3.65. The average Bonchev–Trinajstić information content (AvgIpc) is 2.30. The number of piperazine rings is 1. The second-order valence-electron chi connectivity index (χ2n) is 5.55. The van der Waals surface area contributed by atoms with E-state index in [9.17, 15) is 0 Å². The van der Waals surface area contributed by atoms with Gasteiger partial charge in [0.05, 0.1) is 0 Å². The Labute approximate surface area is 105 Å². The lowest BCUT2D eigenvalue weighted by molar-refractivity contribution is 0.336. The molecule has 0 aliphatic carbocycles. The number of nitrogens with zero attached hydrogens (tertiary/aromatic N) is 1. The summed E-state index contributed by atoms with van der Waals surface area (Å²) in [5.74, 6) is 0.689. The van der Waals surface area contributed by atoms with E-state index < -0.39 is 0 Å². The summed E-state index contributed by atoms with van der Waals surface area (Å²) in [5.41, 5.74) is 2.77. The summed E-state index contributed by atoms with van der Waals surface area (Å²) in [6.45, 7) is 11.3. The zero-order chi connectivity index (χ0) is 12.4. The second-order valence-corrected chi connectivity index (χ2v) is 5.55. The maximum Gasteiger partial charge on any atom is 0.0399 e. The van der Waals surface area contributed by atoms with Crippen LogP contribution in [0.3, 0.4) is 0 Å². The van der Waals surface area contributed by atoms with Gasteiger partial charge < -0.3 is 10.2 Å². The SMILES string of the molecule is Cc1ccccc1N1CC(C(C)C)NCC1C. The number of benzene rings is 1. The van der Waals surface area contributed by atoms with E-state index in [0.29, 0.717) is 18.0 Å². The molecule has 2 heteroatoms. The van der Waals surface area contributed by atoms with Crippen molar-refractivity contribution in [1.29, 1.82) is 0 Å². The summed E-state index contributed by atoms with van der Waals surface area (Å²) in [6.07, 6.45) is 0. The molecule has 0 aromatic heterocycles. The van der Waals surface area contributed by atoms with Gasteiger partial charge in [-0.3, -0.25) is 0 Å². The molecule has 17 heavy (non-hydrogen) atoms. The smallest absolute Gasteiger partial charge is 0.0399 e. The van der Waals surface area contributed by atoms with Crippen molar-refractivity contribution in [3.8, 4) is 0 Å². The Morgan fingerprint density at radius 2 is 2.00 bits per heavy atom. The van der Waals surface area contributed by atoms with Crippen molar-refractivity contribution >= 4 is 5.69 Å². The van der Waals surface area contributed by atoms with Crippen LogP contribution in [-0.2, 0) is 0 Å². The average molecular weight is 232 g/mol. The van der Waals surface area contributed by atoms with Gasteiger partial charge in [0.2, 0.25) is 0 Å². The van der Waals surface area contributed by atoms with Crippen LogP contribution in [-0.4, -0.2) is 25.2 Å². The molecule has 94 valence electrons. The first-order valence-electron chi connectivity index (χ1n) is 6.65. The molecule has 2 rings (SSSR count). The minimum Gasteiger partial charge on any atom is -0.366 e. The molecule has 1 saturated heterocycles. The van der Waals surface area contributed by atoms with Crippen LogP contribution in [0.5, 0.6) is 0 Å². The largest absolute Gasteiger partial charge is 0.366 e. The molecule has 2 nitrogen and oxygen atoms in total.